The summed E-state index contributed by atoms with van der Waals surface area (Å²) in [6.07, 6.45) is 0. The van der Waals surface area contributed by atoms with Gasteiger partial charge in [-0.15, -0.1) is 0 Å². The number of nitrogens with zero attached hydrogens (tertiary/aromatic N) is 1. The molecular formula is C17H14BrFN2O2. The van der Waals surface area contributed by atoms with Gasteiger partial charge in [0.05, 0.1) is 6.54 Å². The average molecular weight is 377 g/mol. The molecule has 1 aliphatic heterocycles. The maximum atomic E-state index is 13.2. The minimum Gasteiger partial charge on any atom is -0.319 e. The van der Waals surface area contributed by atoms with Crippen molar-refractivity contribution >= 4 is 27.9 Å². The summed E-state index contributed by atoms with van der Waals surface area (Å²) in [4.78, 5) is 26.2. The maximum absolute atomic E-state index is 13.2. The van der Waals surface area contributed by atoms with E-state index in [1.807, 2.05) is 18.2 Å². The number of amides is 3. The van der Waals surface area contributed by atoms with Crippen molar-refractivity contribution < 1.29 is 14.0 Å². The van der Waals surface area contributed by atoms with Gasteiger partial charge in [0.2, 0.25) is 0 Å². The van der Waals surface area contributed by atoms with Crippen LogP contribution in [0.5, 0.6) is 0 Å². The van der Waals surface area contributed by atoms with E-state index in [0.29, 0.717) is 10.0 Å². The SMILES string of the molecule is C[C@@]1(c2ccccc2)NC(=O)N(Cc2ccc(F)cc2Br)C1=O. The third kappa shape index (κ3) is 2.74. The first-order chi connectivity index (χ1) is 10.9. The van der Waals surface area contributed by atoms with Crippen LogP contribution in [0.25, 0.3) is 0 Å². The summed E-state index contributed by atoms with van der Waals surface area (Å²) in [6, 6.07) is 12.8. The lowest BCUT2D eigenvalue weighted by atomic mass is 9.92. The molecule has 0 aromatic heterocycles. The first-order valence-corrected chi connectivity index (χ1v) is 7.84. The number of imide groups is 1. The number of nitrogens with one attached hydrogen (secondary N) is 1. The lowest BCUT2D eigenvalue weighted by Gasteiger charge is -2.22. The lowest BCUT2D eigenvalue weighted by molar-refractivity contribution is -0.131. The third-order valence-electron chi connectivity index (χ3n) is 3.97. The fourth-order valence-electron chi connectivity index (χ4n) is 2.63. The van der Waals surface area contributed by atoms with Crippen molar-refractivity contribution in [3.05, 3.63) is 69.9 Å². The quantitative estimate of drug-likeness (QED) is 0.832. The number of rotatable bonds is 3. The molecule has 0 aliphatic carbocycles. The van der Waals surface area contributed by atoms with Crippen molar-refractivity contribution in [1.82, 2.24) is 10.2 Å². The van der Waals surface area contributed by atoms with E-state index >= 15 is 0 Å². The fraction of sp³-hybridized carbons (Fsp3) is 0.176. The molecule has 1 saturated heterocycles. The molecule has 1 atom stereocenters. The van der Waals surface area contributed by atoms with Crippen LogP contribution in [-0.2, 0) is 16.9 Å². The highest BCUT2D eigenvalue weighted by molar-refractivity contribution is 9.10. The molecule has 3 amide bonds. The smallest absolute Gasteiger partial charge is 0.319 e. The van der Waals surface area contributed by atoms with Crippen LogP contribution in [0, 0.1) is 5.82 Å². The standard InChI is InChI=1S/C17H14BrFN2O2/c1-17(12-5-3-2-4-6-12)15(22)21(16(23)20-17)10-11-7-8-13(19)9-14(11)18/h2-9H,10H2,1H3,(H,20,23)/t17-/m0/s1. The maximum Gasteiger partial charge on any atom is 0.325 e. The van der Waals surface area contributed by atoms with Crippen LogP contribution in [-0.4, -0.2) is 16.8 Å². The van der Waals surface area contributed by atoms with Gasteiger partial charge in [0, 0.05) is 4.47 Å². The lowest BCUT2D eigenvalue weighted by Crippen LogP contribution is -2.40. The Morgan fingerprint density at radius 1 is 1.17 bits per heavy atom. The van der Waals surface area contributed by atoms with E-state index < -0.39 is 11.6 Å². The molecule has 0 spiro atoms. The van der Waals surface area contributed by atoms with Gasteiger partial charge in [-0.2, -0.15) is 0 Å². The first-order valence-electron chi connectivity index (χ1n) is 7.05. The molecule has 2 aromatic carbocycles. The van der Waals surface area contributed by atoms with E-state index in [4.69, 9.17) is 0 Å². The number of urea groups is 1. The first kappa shape index (κ1) is 15.7. The molecule has 1 aliphatic rings. The van der Waals surface area contributed by atoms with E-state index in [1.54, 1.807) is 25.1 Å². The Morgan fingerprint density at radius 3 is 2.52 bits per heavy atom. The van der Waals surface area contributed by atoms with Crippen molar-refractivity contribution in [3.8, 4) is 0 Å². The molecule has 118 valence electrons. The zero-order valence-electron chi connectivity index (χ0n) is 12.3. The molecule has 1 fully saturated rings. The van der Waals surface area contributed by atoms with Gasteiger partial charge < -0.3 is 5.32 Å². The van der Waals surface area contributed by atoms with Crippen LogP contribution in [0.3, 0.4) is 0 Å². The van der Waals surface area contributed by atoms with E-state index in [9.17, 15) is 14.0 Å². The predicted molar refractivity (Wildman–Crippen MR) is 87.0 cm³/mol. The van der Waals surface area contributed by atoms with Gasteiger partial charge in [-0.25, -0.2) is 9.18 Å². The van der Waals surface area contributed by atoms with Gasteiger partial charge in [-0.05, 0) is 30.2 Å². The zero-order chi connectivity index (χ0) is 16.6. The van der Waals surface area contributed by atoms with Crippen LogP contribution in [0.2, 0.25) is 0 Å². The molecule has 1 N–H and O–H groups in total. The Hall–Kier alpha value is -2.21. The highest BCUT2D eigenvalue weighted by atomic mass is 79.9. The number of carbonyl (C=O) groups excluding carboxylic acids is 2. The molecule has 0 radical (unpaired) electrons. The molecule has 4 nitrogen and oxygen atoms in total. The second-order valence-corrected chi connectivity index (χ2v) is 6.40. The molecule has 2 aromatic rings. The van der Waals surface area contributed by atoms with Crippen LogP contribution in [0.1, 0.15) is 18.1 Å². The van der Waals surface area contributed by atoms with Crippen molar-refractivity contribution in [2.75, 3.05) is 0 Å². The number of carbonyl (C=O) groups is 2. The van der Waals surface area contributed by atoms with Gasteiger partial charge in [-0.1, -0.05) is 52.3 Å². The van der Waals surface area contributed by atoms with E-state index in [-0.39, 0.29) is 18.3 Å². The van der Waals surface area contributed by atoms with Gasteiger partial charge in [0.15, 0.2) is 0 Å². The Kier molecular flexibility index (Phi) is 3.93. The molecule has 3 rings (SSSR count). The van der Waals surface area contributed by atoms with Gasteiger partial charge in [0.25, 0.3) is 5.91 Å². The van der Waals surface area contributed by atoms with Gasteiger partial charge in [-0.3, -0.25) is 9.69 Å². The van der Waals surface area contributed by atoms with Gasteiger partial charge >= 0.3 is 6.03 Å². The van der Waals surface area contributed by atoms with Crippen LogP contribution < -0.4 is 5.32 Å². The van der Waals surface area contributed by atoms with Crippen molar-refractivity contribution in [3.63, 3.8) is 0 Å². The average Bonchev–Trinajstić information content (AvgIpc) is 2.75. The van der Waals surface area contributed by atoms with Crippen molar-refractivity contribution in [1.29, 1.82) is 0 Å². The zero-order valence-corrected chi connectivity index (χ0v) is 13.9. The number of hydrogen-bond donors (Lipinski definition) is 1. The van der Waals surface area contributed by atoms with Crippen LogP contribution >= 0.6 is 15.9 Å². The Labute approximate surface area is 141 Å². The molecule has 0 bridgehead atoms. The van der Waals surface area contributed by atoms with E-state index in [0.717, 1.165) is 10.5 Å². The highest BCUT2D eigenvalue weighted by Crippen LogP contribution is 2.30. The Balaban J connectivity index is 1.90. The van der Waals surface area contributed by atoms with Gasteiger partial charge in [0.1, 0.15) is 11.4 Å². The minimum absolute atomic E-state index is 0.0773. The van der Waals surface area contributed by atoms with E-state index in [1.165, 1.54) is 12.1 Å². The van der Waals surface area contributed by atoms with Crippen LogP contribution in [0.15, 0.2) is 53.0 Å². The summed E-state index contributed by atoms with van der Waals surface area (Å²) in [5.41, 5.74) is 0.288. The molecule has 0 saturated carbocycles. The number of benzene rings is 2. The monoisotopic (exact) mass is 376 g/mol. The Bertz CT molecular complexity index is 781. The normalized spacial score (nSPS) is 20.7. The van der Waals surface area contributed by atoms with Crippen LogP contribution in [0.4, 0.5) is 9.18 Å². The molecule has 1 heterocycles. The number of halogens is 2. The van der Waals surface area contributed by atoms with Crippen molar-refractivity contribution in [2.24, 2.45) is 0 Å². The van der Waals surface area contributed by atoms with E-state index in [2.05, 4.69) is 21.2 Å². The summed E-state index contributed by atoms with van der Waals surface area (Å²) in [7, 11) is 0. The molecule has 23 heavy (non-hydrogen) atoms. The highest BCUT2D eigenvalue weighted by Gasteiger charge is 2.48. The molecule has 0 unspecified atom stereocenters. The summed E-state index contributed by atoms with van der Waals surface area (Å²) in [6.45, 7) is 1.76. The largest absolute Gasteiger partial charge is 0.325 e. The fourth-order valence-corrected chi connectivity index (χ4v) is 3.10. The minimum atomic E-state index is -1.09. The predicted octanol–water partition coefficient (Wildman–Crippen LogP) is 3.56. The summed E-state index contributed by atoms with van der Waals surface area (Å²) in [5, 5.41) is 2.75. The van der Waals surface area contributed by atoms with Crippen molar-refractivity contribution in [2.45, 2.75) is 19.0 Å². The topological polar surface area (TPSA) is 49.4 Å². The Morgan fingerprint density at radius 2 is 1.87 bits per heavy atom. The third-order valence-corrected chi connectivity index (χ3v) is 4.71. The number of hydrogen-bond acceptors (Lipinski definition) is 2. The second kappa shape index (κ2) is 5.77. The summed E-state index contributed by atoms with van der Waals surface area (Å²) >= 11 is 3.26. The molecular weight excluding hydrogens is 363 g/mol. The second-order valence-electron chi connectivity index (χ2n) is 5.55. The summed E-state index contributed by atoms with van der Waals surface area (Å²) < 4.78 is 13.7. The summed E-state index contributed by atoms with van der Waals surface area (Å²) in [5.74, 6) is -0.711. The molecule has 6 heteroatoms.